The van der Waals surface area contributed by atoms with E-state index in [-0.39, 0.29) is 24.3 Å². The van der Waals surface area contributed by atoms with E-state index in [0.29, 0.717) is 24.3 Å². The van der Waals surface area contributed by atoms with E-state index in [1.165, 1.54) is 6.92 Å². The van der Waals surface area contributed by atoms with Gasteiger partial charge in [0.2, 0.25) is 0 Å². The molecule has 152 valence electrons. The minimum Gasteiger partial charge on any atom is -0.478 e. The summed E-state index contributed by atoms with van der Waals surface area (Å²) in [5.74, 6) is -1.85. The summed E-state index contributed by atoms with van der Waals surface area (Å²) in [6.07, 6.45) is 2.26. The monoisotopic (exact) mass is 389 g/mol. The normalized spacial score (nSPS) is 31.0. The number of aliphatic hydroxyl groups is 1. The van der Waals surface area contributed by atoms with Crippen LogP contribution in [0.3, 0.4) is 0 Å². The van der Waals surface area contributed by atoms with Gasteiger partial charge in [0, 0.05) is 30.5 Å². The standard InChI is InChI=1S/C17H21NO4.C4H6O2/c1-18-13-7-11(8-14(18)16-15(13)22-16)21-17(20)12(9-19)10-5-3-2-4-6-10;1-3(2)4(5)6/h2-6,11-16,19H,7-9H2,1H3;1H2,2H3,(H,5,6)/t11?,12-,13-,14+,15-,16+;/m1./s1. The average Bonchev–Trinajstić information content (AvgIpc) is 3.42. The van der Waals surface area contributed by atoms with Gasteiger partial charge in [-0.1, -0.05) is 36.9 Å². The highest BCUT2D eigenvalue weighted by atomic mass is 16.6. The number of fused-ring (bicyclic) bond motifs is 5. The number of carboxylic acids is 1. The van der Waals surface area contributed by atoms with Crippen LogP contribution in [-0.4, -0.2) is 71.1 Å². The number of benzene rings is 1. The molecule has 2 bridgehead atoms. The smallest absolute Gasteiger partial charge is 0.330 e. The van der Waals surface area contributed by atoms with Crippen LogP contribution in [0.25, 0.3) is 0 Å². The van der Waals surface area contributed by atoms with Crippen molar-refractivity contribution >= 4 is 11.9 Å². The number of morpholine rings is 1. The average molecular weight is 389 g/mol. The summed E-state index contributed by atoms with van der Waals surface area (Å²) in [4.78, 5) is 24.4. The molecule has 0 radical (unpaired) electrons. The second-order valence-corrected chi connectivity index (χ2v) is 7.63. The highest BCUT2D eigenvalue weighted by Gasteiger charge is 2.62. The SMILES string of the molecule is C=C(C)C(=O)O.CN1[C@@H]2CC(OC(=O)[C@H](CO)c3ccccc3)C[C@H]1[C@@H]1O[C@@H]12. The van der Waals surface area contributed by atoms with Gasteiger partial charge < -0.3 is 19.7 Å². The van der Waals surface area contributed by atoms with Crippen LogP contribution in [0.4, 0.5) is 0 Å². The predicted octanol–water partition coefficient (Wildman–Crippen LogP) is 1.57. The molecule has 0 aromatic heterocycles. The van der Waals surface area contributed by atoms with Gasteiger partial charge in [-0.25, -0.2) is 4.79 Å². The van der Waals surface area contributed by atoms with E-state index in [4.69, 9.17) is 14.6 Å². The van der Waals surface area contributed by atoms with Crippen molar-refractivity contribution in [3.05, 3.63) is 48.0 Å². The van der Waals surface area contributed by atoms with Crippen LogP contribution in [0.2, 0.25) is 0 Å². The van der Waals surface area contributed by atoms with Crippen LogP contribution in [0.1, 0.15) is 31.2 Å². The minimum atomic E-state index is -0.935. The van der Waals surface area contributed by atoms with Gasteiger partial charge in [-0.05, 0) is 19.5 Å². The summed E-state index contributed by atoms with van der Waals surface area (Å²) in [5, 5.41) is 17.4. The number of hydrogen-bond acceptors (Lipinski definition) is 6. The highest BCUT2D eigenvalue weighted by molar-refractivity contribution is 5.84. The first kappa shape index (κ1) is 20.5. The maximum Gasteiger partial charge on any atom is 0.330 e. The maximum atomic E-state index is 12.4. The quantitative estimate of drug-likeness (QED) is 0.448. The van der Waals surface area contributed by atoms with Crippen LogP contribution in [0.5, 0.6) is 0 Å². The molecule has 1 aromatic carbocycles. The fourth-order valence-electron chi connectivity index (χ4n) is 4.04. The van der Waals surface area contributed by atoms with Crippen molar-refractivity contribution in [2.45, 2.75) is 56.1 Å². The number of piperidine rings is 1. The molecule has 3 aliphatic heterocycles. The van der Waals surface area contributed by atoms with Gasteiger partial charge in [0.25, 0.3) is 0 Å². The topological polar surface area (TPSA) is 99.6 Å². The molecule has 2 N–H and O–H groups in total. The third-order valence-electron chi connectivity index (χ3n) is 5.69. The summed E-state index contributed by atoms with van der Waals surface area (Å²) >= 11 is 0. The number of likely N-dealkylation sites (N-methyl/N-ethyl adjacent to an activating group) is 1. The summed E-state index contributed by atoms with van der Waals surface area (Å²) in [7, 11) is 2.13. The Morgan fingerprint density at radius 1 is 1.25 bits per heavy atom. The Morgan fingerprint density at radius 3 is 2.25 bits per heavy atom. The Labute approximate surface area is 164 Å². The van der Waals surface area contributed by atoms with Gasteiger partial charge in [0.15, 0.2) is 0 Å². The number of ether oxygens (including phenoxy) is 2. The second kappa shape index (κ2) is 8.43. The molecule has 28 heavy (non-hydrogen) atoms. The molecule has 7 nitrogen and oxygen atoms in total. The summed E-state index contributed by atoms with van der Waals surface area (Å²) in [5.41, 5.74) is 0.979. The molecular formula is C21H27NO6. The zero-order valence-electron chi connectivity index (χ0n) is 16.2. The van der Waals surface area contributed by atoms with E-state index in [0.717, 1.165) is 18.4 Å². The number of carbonyl (C=O) groups excluding carboxylic acids is 1. The number of esters is 1. The van der Waals surface area contributed by atoms with Crippen molar-refractivity contribution in [2.75, 3.05) is 13.7 Å². The molecule has 3 fully saturated rings. The predicted molar refractivity (Wildman–Crippen MR) is 102 cm³/mol. The molecule has 4 rings (SSSR count). The molecule has 1 aromatic rings. The number of carbonyl (C=O) groups is 2. The number of aliphatic hydroxyl groups excluding tert-OH is 1. The number of hydrogen-bond donors (Lipinski definition) is 2. The number of carboxylic acid groups (broad SMARTS) is 1. The van der Waals surface area contributed by atoms with E-state index in [9.17, 15) is 14.7 Å². The van der Waals surface area contributed by atoms with Crippen molar-refractivity contribution in [1.29, 1.82) is 0 Å². The van der Waals surface area contributed by atoms with Crippen LogP contribution >= 0.6 is 0 Å². The Balaban J connectivity index is 0.000000330. The van der Waals surface area contributed by atoms with Crippen molar-refractivity contribution in [3.63, 3.8) is 0 Å². The summed E-state index contributed by atoms with van der Waals surface area (Å²) in [6.45, 7) is 4.38. The first-order valence-corrected chi connectivity index (χ1v) is 9.46. The van der Waals surface area contributed by atoms with Crippen molar-refractivity contribution in [1.82, 2.24) is 4.90 Å². The molecular weight excluding hydrogens is 362 g/mol. The van der Waals surface area contributed by atoms with Gasteiger partial charge in [-0.3, -0.25) is 9.69 Å². The van der Waals surface area contributed by atoms with E-state index in [1.807, 2.05) is 30.3 Å². The van der Waals surface area contributed by atoms with Crippen LogP contribution in [0.15, 0.2) is 42.5 Å². The first-order valence-electron chi connectivity index (χ1n) is 9.46. The molecule has 1 unspecified atom stereocenters. The zero-order valence-corrected chi connectivity index (χ0v) is 16.2. The minimum absolute atomic E-state index is 0.0622. The number of aliphatic carboxylic acids is 1. The highest BCUT2D eigenvalue weighted by Crippen LogP contribution is 2.48. The van der Waals surface area contributed by atoms with Crippen LogP contribution in [-0.2, 0) is 19.1 Å². The van der Waals surface area contributed by atoms with E-state index in [2.05, 4.69) is 18.5 Å². The molecule has 3 heterocycles. The van der Waals surface area contributed by atoms with E-state index < -0.39 is 11.9 Å². The van der Waals surface area contributed by atoms with E-state index >= 15 is 0 Å². The second-order valence-electron chi connectivity index (χ2n) is 7.63. The molecule has 3 saturated heterocycles. The Morgan fingerprint density at radius 2 is 1.79 bits per heavy atom. The lowest BCUT2D eigenvalue weighted by atomic mass is 9.97. The van der Waals surface area contributed by atoms with E-state index in [1.54, 1.807) is 0 Å². The van der Waals surface area contributed by atoms with Crippen molar-refractivity contribution in [2.24, 2.45) is 0 Å². The molecule has 0 spiro atoms. The van der Waals surface area contributed by atoms with Gasteiger partial charge >= 0.3 is 11.9 Å². The lowest BCUT2D eigenvalue weighted by Gasteiger charge is -2.38. The van der Waals surface area contributed by atoms with Gasteiger partial charge in [0.05, 0.1) is 6.61 Å². The molecule has 3 aliphatic rings. The Kier molecular flexibility index (Phi) is 6.17. The van der Waals surface area contributed by atoms with Gasteiger partial charge in [-0.2, -0.15) is 0 Å². The van der Waals surface area contributed by atoms with Crippen molar-refractivity contribution in [3.8, 4) is 0 Å². The number of rotatable bonds is 5. The zero-order chi connectivity index (χ0) is 20.4. The fourth-order valence-corrected chi connectivity index (χ4v) is 4.04. The third-order valence-corrected chi connectivity index (χ3v) is 5.69. The van der Waals surface area contributed by atoms with Gasteiger partial charge in [-0.15, -0.1) is 0 Å². The molecule has 7 heteroatoms. The molecule has 0 aliphatic carbocycles. The molecule has 6 atom stereocenters. The number of epoxide rings is 1. The lowest BCUT2D eigenvalue weighted by molar-refractivity contribution is -0.156. The van der Waals surface area contributed by atoms with Gasteiger partial charge in [0.1, 0.15) is 24.2 Å². The summed E-state index contributed by atoms with van der Waals surface area (Å²) in [6, 6.07) is 10.1. The molecule has 0 amide bonds. The number of nitrogens with zero attached hydrogens (tertiary/aromatic N) is 1. The largest absolute Gasteiger partial charge is 0.478 e. The van der Waals surface area contributed by atoms with Crippen molar-refractivity contribution < 1.29 is 29.3 Å². The Hall–Kier alpha value is -2.22. The summed E-state index contributed by atoms with van der Waals surface area (Å²) < 4.78 is 11.4. The Bertz CT molecular complexity index is 706. The van der Waals surface area contributed by atoms with Crippen LogP contribution in [0, 0.1) is 0 Å². The molecule has 0 saturated carbocycles. The lowest BCUT2D eigenvalue weighted by Crippen LogP contribution is -2.48. The van der Waals surface area contributed by atoms with Crippen LogP contribution < -0.4 is 0 Å². The maximum absolute atomic E-state index is 12.4. The first-order chi connectivity index (χ1) is 13.3. The third kappa shape index (κ3) is 4.27. The fraction of sp³-hybridized carbons (Fsp3) is 0.524.